The van der Waals surface area contributed by atoms with Crippen LogP contribution in [0.15, 0.2) is 24.4 Å². The monoisotopic (exact) mass is 228 g/mol. The fourth-order valence-corrected chi connectivity index (χ4v) is 1.49. The minimum Gasteiger partial charge on any atom is -0.297 e. The Bertz CT molecular complexity index is 557. The van der Waals surface area contributed by atoms with Crippen LogP contribution in [0.1, 0.15) is 23.2 Å². The fraction of sp³-hybridized carbons (Fsp3) is 0.200. The lowest BCUT2D eigenvalue weighted by Gasteiger charge is -2.01. The Labute approximate surface area is 88.5 Å². The number of hydrogen-bond acceptors (Lipinski definition) is 2. The number of ketones is 1. The molecule has 2 rings (SSSR count). The summed E-state index contributed by atoms with van der Waals surface area (Å²) >= 11 is 0. The van der Waals surface area contributed by atoms with Crippen LogP contribution >= 0.6 is 0 Å². The first-order valence-electron chi connectivity index (χ1n) is 4.46. The van der Waals surface area contributed by atoms with Crippen molar-refractivity contribution in [3.05, 3.63) is 35.9 Å². The molecule has 2 aromatic heterocycles. The molecule has 0 radical (unpaired) electrons. The molecule has 0 aliphatic rings. The van der Waals surface area contributed by atoms with Crippen LogP contribution in [0.3, 0.4) is 0 Å². The van der Waals surface area contributed by atoms with Gasteiger partial charge in [-0.3, -0.25) is 9.20 Å². The third-order valence-electron chi connectivity index (χ3n) is 2.13. The van der Waals surface area contributed by atoms with Gasteiger partial charge in [-0.15, -0.1) is 0 Å². The molecule has 0 aromatic carbocycles. The van der Waals surface area contributed by atoms with Crippen molar-refractivity contribution in [3.63, 3.8) is 0 Å². The van der Waals surface area contributed by atoms with E-state index in [0.29, 0.717) is 0 Å². The van der Waals surface area contributed by atoms with Gasteiger partial charge in [0.15, 0.2) is 17.3 Å². The second-order valence-corrected chi connectivity index (χ2v) is 3.29. The van der Waals surface area contributed by atoms with Crippen molar-refractivity contribution >= 4 is 11.3 Å². The first kappa shape index (κ1) is 10.7. The van der Waals surface area contributed by atoms with Gasteiger partial charge >= 0.3 is 6.18 Å². The van der Waals surface area contributed by atoms with Crippen LogP contribution in [0.4, 0.5) is 13.2 Å². The molecule has 16 heavy (non-hydrogen) atoms. The van der Waals surface area contributed by atoms with Crippen molar-refractivity contribution in [1.82, 2.24) is 9.38 Å². The van der Waals surface area contributed by atoms with Crippen LogP contribution in [-0.2, 0) is 6.18 Å². The number of alkyl halides is 3. The number of hydrogen-bond donors (Lipinski definition) is 0. The largest absolute Gasteiger partial charge is 0.435 e. The summed E-state index contributed by atoms with van der Waals surface area (Å²) in [6.07, 6.45) is -3.17. The molecule has 84 valence electrons. The molecule has 0 bridgehead atoms. The van der Waals surface area contributed by atoms with Crippen molar-refractivity contribution < 1.29 is 18.0 Å². The summed E-state index contributed by atoms with van der Waals surface area (Å²) in [5.41, 5.74) is -1.14. The third-order valence-corrected chi connectivity index (χ3v) is 2.13. The van der Waals surface area contributed by atoms with Crippen molar-refractivity contribution in [2.75, 3.05) is 0 Å². The number of Topliss-reactive ketones (excluding diaryl/α,β-unsaturated/α-hetero) is 1. The molecule has 0 aliphatic heterocycles. The predicted octanol–water partition coefficient (Wildman–Crippen LogP) is 2.56. The van der Waals surface area contributed by atoms with Crippen molar-refractivity contribution in [2.24, 2.45) is 0 Å². The maximum Gasteiger partial charge on any atom is 0.435 e. The average molecular weight is 228 g/mol. The second kappa shape index (κ2) is 3.33. The van der Waals surface area contributed by atoms with E-state index in [4.69, 9.17) is 0 Å². The Hall–Kier alpha value is -1.85. The van der Waals surface area contributed by atoms with Gasteiger partial charge in [-0.2, -0.15) is 13.2 Å². The molecule has 0 spiro atoms. The van der Waals surface area contributed by atoms with Crippen molar-refractivity contribution in [1.29, 1.82) is 0 Å². The highest BCUT2D eigenvalue weighted by Crippen LogP contribution is 2.32. The van der Waals surface area contributed by atoms with E-state index in [1.54, 1.807) is 6.07 Å². The van der Waals surface area contributed by atoms with Crippen LogP contribution < -0.4 is 0 Å². The van der Waals surface area contributed by atoms with Crippen LogP contribution in [0.25, 0.3) is 5.52 Å². The lowest BCUT2D eigenvalue weighted by Crippen LogP contribution is -2.06. The number of carbonyl (C=O) groups is 1. The lowest BCUT2D eigenvalue weighted by molar-refractivity contribution is -0.139. The van der Waals surface area contributed by atoms with Gasteiger partial charge in [0.1, 0.15) is 0 Å². The average Bonchev–Trinajstić information content (AvgIpc) is 2.56. The van der Waals surface area contributed by atoms with Gasteiger partial charge in [-0.05, 0) is 12.1 Å². The van der Waals surface area contributed by atoms with E-state index in [0.717, 1.165) is 4.40 Å². The van der Waals surface area contributed by atoms with Crippen LogP contribution in [-0.4, -0.2) is 15.2 Å². The summed E-state index contributed by atoms with van der Waals surface area (Å²) < 4.78 is 39.0. The summed E-state index contributed by atoms with van der Waals surface area (Å²) in [5, 5.41) is 0. The molecule has 0 saturated carbocycles. The van der Waals surface area contributed by atoms with E-state index in [9.17, 15) is 18.0 Å². The number of pyridine rings is 1. The molecule has 0 atom stereocenters. The number of fused-ring (bicyclic) bond motifs is 1. The molecule has 0 saturated heterocycles. The molecule has 6 heteroatoms. The SMILES string of the molecule is CC(=O)c1nc(C(F)(F)F)c2ccccn12. The Morgan fingerprint density at radius 1 is 1.38 bits per heavy atom. The predicted molar refractivity (Wildman–Crippen MR) is 50.2 cm³/mol. The maximum atomic E-state index is 12.6. The van der Waals surface area contributed by atoms with Crippen molar-refractivity contribution in [2.45, 2.75) is 13.1 Å². The van der Waals surface area contributed by atoms with Gasteiger partial charge in [0.2, 0.25) is 0 Å². The van der Waals surface area contributed by atoms with Gasteiger partial charge in [0, 0.05) is 13.1 Å². The summed E-state index contributed by atoms with van der Waals surface area (Å²) in [6, 6.07) is 4.29. The highest BCUT2D eigenvalue weighted by molar-refractivity contribution is 5.92. The number of imidazole rings is 1. The minimum absolute atomic E-state index is 0.111. The van der Waals surface area contributed by atoms with E-state index in [2.05, 4.69) is 4.98 Å². The first-order valence-corrected chi connectivity index (χ1v) is 4.46. The first-order chi connectivity index (χ1) is 7.41. The number of rotatable bonds is 1. The van der Waals surface area contributed by atoms with Gasteiger partial charge in [0.05, 0.1) is 5.52 Å². The molecule has 3 nitrogen and oxygen atoms in total. The Morgan fingerprint density at radius 3 is 2.62 bits per heavy atom. The van der Waals surface area contributed by atoms with Crippen LogP contribution in [0.2, 0.25) is 0 Å². The Morgan fingerprint density at radius 2 is 2.06 bits per heavy atom. The fourth-order valence-electron chi connectivity index (χ4n) is 1.49. The minimum atomic E-state index is -4.56. The summed E-state index contributed by atoms with van der Waals surface area (Å²) in [4.78, 5) is 14.5. The van der Waals surface area contributed by atoms with E-state index in [1.165, 1.54) is 25.3 Å². The number of nitrogens with zero attached hydrogens (tertiary/aromatic N) is 2. The summed E-state index contributed by atoms with van der Waals surface area (Å²) in [5.74, 6) is -0.709. The molecule has 0 aliphatic carbocycles. The Balaban J connectivity index is 2.82. The van der Waals surface area contributed by atoms with Crippen molar-refractivity contribution in [3.8, 4) is 0 Å². The molecule has 2 aromatic rings. The highest BCUT2D eigenvalue weighted by atomic mass is 19.4. The third kappa shape index (κ3) is 1.56. The van der Waals surface area contributed by atoms with Gasteiger partial charge in [-0.25, -0.2) is 4.98 Å². The molecule has 0 amide bonds. The van der Waals surface area contributed by atoms with E-state index in [1.807, 2.05) is 0 Å². The van der Waals surface area contributed by atoms with E-state index >= 15 is 0 Å². The van der Waals surface area contributed by atoms with Gasteiger partial charge in [-0.1, -0.05) is 6.07 Å². The molecular weight excluding hydrogens is 221 g/mol. The maximum absolute atomic E-state index is 12.6. The smallest absolute Gasteiger partial charge is 0.297 e. The quantitative estimate of drug-likeness (QED) is 0.703. The summed E-state index contributed by atoms with van der Waals surface area (Å²) in [6.45, 7) is 1.18. The topological polar surface area (TPSA) is 34.4 Å². The summed E-state index contributed by atoms with van der Waals surface area (Å²) in [7, 11) is 0. The van der Waals surface area contributed by atoms with Gasteiger partial charge in [0.25, 0.3) is 0 Å². The molecule has 0 unspecified atom stereocenters. The standard InChI is InChI=1S/C10H7F3N2O/c1-6(16)9-14-8(10(11,12)13)7-4-2-3-5-15(7)9/h2-5H,1H3. The highest BCUT2D eigenvalue weighted by Gasteiger charge is 2.37. The number of aromatic nitrogens is 2. The zero-order chi connectivity index (χ0) is 11.9. The van der Waals surface area contributed by atoms with Crippen LogP contribution in [0.5, 0.6) is 0 Å². The van der Waals surface area contributed by atoms with Crippen LogP contribution in [0, 0.1) is 0 Å². The lowest BCUT2D eigenvalue weighted by atomic mass is 10.3. The molecular formula is C10H7F3N2O. The second-order valence-electron chi connectivity index (χ2n) is 3.29. The number of halogens is 3. The Kier molecular flexibility index (Phi) is 2.22. The van der Waals surface area contributed by atoms with E-state index in [-0.39, 0.29) is 11.3 Å². The zero-order valence-electron chi connectivity index (χ0n) is 8.25. The van der Waals surface area contributed by atoms with E-state index < -0.39 is 17.7 Å². The molecule has 0 N–H and O–H groups in total. The zero-order valence-corrected chi connectivity index (χ0v) is 8.25. The normalized spacial score (nSPS) is 12.0. The molecule has 0 fully saturated rings. The number of carbonyl (C=O) groups excluding carboxylic acids is 1. The van der Waals surface area contributed by atoms with Gasteiger partial charge < -0.3 is 0 Å². The molecule has 2 heterocycles.